The molecule has 0 radical (unpaired) electrons. The van der Waals surface area contributed by atoms with E-state index >= 15 is 0 Å². The fourth-order valence-electron chi connectivity index (χ4n) is 2.92. The molecule has 0 saturated heterocycles. The fourth-order valence-corrected chi connectivity index (χ4v) is 4.45. The predicted octanol–water partition coefficient (Wildman–Crippen LogP) is 5.75. The summed E-state index contributed by atoms with van der Waals surface area (Å²) in [4.78, 5) is 21.2. The van der Waals surface area contributed by atoms with Crippen molar-refractivity contribution in [2.24, 2.45) is 0 Å². The Hall–Kier alpha value is -2.90. The summed E-state index contributed by atoms with van der Waals surface area (Å²) >= 11 is 3.33. The third-order valence-corrected chi connectivity index (χ3v) is 6.50. The van der Waals surface area contributed by atoms with Crippen LogP contribution < -0.4 is 0 Å². The average Bonchev–Trinajstić information content (AvgIpc) is 3.49. The molecule has 1 amide bonds. The van der Waals surface area contributed by atoms with Crippen LogP contribution in [-0.4, -0.2) is 27.5 Å². The first-order valence-corrected chi connectivity index (χ1v) is 11.5. The van der Waals surface area contributed by atoms with Gasteiger partial charge >= 0.3 is 0 Å². The van der Waals surface area contributed by atoms with Crippen LogP contribution in [0.2, 0.25) is 0 Å². The van der Waals surface area contributed by atoms with Crippen molar-refractivity contribution in [1.29, 1.82) is 0 Å². The van der Waals surface area contributed by atoms with Gasteiger partial charge in [-0.2, -0.15) is 4.98 Å². The summed E-state index contributed by atoms with van der Waals surface area (Å²) in [5.74, 6) is 1.81. The first-order chi connectivity index (χ1) is 14.7. The molecule has 0 N–H and O–H groups in total. The smallest absolute Gasteiger partial charge is 0.254 e. The Kier molecular flexibility index (Phi) is 6.61. The monoisotopic (exact) mass is 435 g/mol. The summed E-state index contributed by atoms with van der Waals surface area (Å²) in [6, 6.07) is 22.0. The highest BCUT2D eigenvalue weighted by Crippen LogP contribution is 2.23. The lowest BCUT2D eigenvalue weighted by Gasteiger charge is -2.19. The van der Waals surface area contributed by atoms with Crippen molar-refractivity contribution in [3.63, 3.8) is 0 Å². The molecule has 0 bridgehead atoms. The van der Waals surface area contributed by atoms with Crippen LogP contribution in [0.5, 0.6) is 0 Å². The Balaban J connectivity index is 1.38. The van der Waals surface area contributed by atoms with E-state index in [0.29, 0.717) is 30.4 Å². The number of thiophene rings is 1. The summed E-state index contributed by atoms with van der Waals surface area (Å²) in [6.07, 6.45) is 0. The zero-order valence-electron chi connectivity index (χ0n) is 16.5. The quantitative estimate of drug-likeness (QED) is 0.330. The molecule has 4 aromatic rings. The van der Waals surface area contributed by atoms with Crippen LogP contribution in [0.25, 0.3) is 10.7 Å². The summed E-state index contributed by atoms with van der Waals surface area (Å²) in [6.45, 7) is 2.79. The molecule has 0 unspecified atom stereocenters. The Bertz CT molecular complexity index is 1080. The minimum Gasteiger partial charge on any atom is -0.337 e. The van der Waals surface area contributed by atoms with Crippen molar-refractivity contribution < 1.29 is 9.32 Å². The molecular weight excluding hydrogens is 414 g/mol. The van der Waals surface area contributed by atoms with Crippen molar-refractivity contribution in [1.82, 2.24) is 15.0 Å². The van der Waals surface area contributed by atoms with Gasteiger partial charge < -0.3 is 9.42 Å². The first-order valence-electron chi connectivity index (χ1n) is 9.65. The molecule has 0 aliphatic rings. The number of carbonyl (C=O) groups excluding carboxylic acids is 1. The van der Waals surface area contributed by atoms with Gasteiger partial charge in [0, 0.05) is 22.8 Å². The van der Waals surface area contributed by atoms with Gasteiger partial charge in [0.15, 0.2) is 0 Å². The number of rotatable bonds is 8. The Morgan fingerprint density at radius 3 is 2.57 bits per heavy atom. The lowest BCUT2D eigenvalue weighted by molar-refractivity contribution is 0.0734. The third kappa shape index (κ3) is 4.98. The first kappa shape index (κ1) is 20.4. The molecule has 0 aliphatic carbocycles. The molecule has 152 valence electrons. The van der Waals surface area contributed by atoms with E-state index in [0.717, 1.165) is 10.6 Å². The van der Waals surface area contributed by atoms with Crippen molar-refractivity contribution >= 4 is 29.0 Å². The van der Waals surface area contributed by atoms with Gasteiger partial charge in [0.05, 0.1) is 4.88 Å². The van der Waals surface area contributed by atoms with Crippen molar-refractivity contribution in [3.8, 4) is 10.7 Å². The van der Waals surface area contributed by atoms with Crippen LogP contribution >= 0.6 is 23.1 Å². The zero-order valence-corrected chi connectivity index (χ0v) is 18.2. The van der Waals surface area contributed by atoms with Crippen molar-refractivity contribution in [2.45, 2.75) is 24.1 Å². The molecule has 2 aromatic carbocycles. The summed E-state index contributed by atoms with van der Waals surface area (Å²) in [7, 11) is 0. The SMILES string of the molecule is CCN(Cc1nc(-c2cccs2)no1)C(=O)c1ccc(CSc2ccccc2)cc1. The van der Waals surface area contributed by atoms with Gasteiger partial charge in [-0.3, -0.25) is 4.79 Å². The second-order valence-electron chi connectivity index (χ2n) is 6.61. The van der Waals surface area contributed by atoms with E-state index in [1.807, 2.05) is 66.9 Å². The van der Waals surface area contributed by atoms with E-state index in [1.165, 1.54) is 10.5 Å². The normalized spacial score (nSPS) is 10.8. The van der Waals surface area contributed by atoms with E-state index in [9.17, 15) is 4.79 Å². The van der Waals surface area contributed by atoms with Crippen molar-refractivity contribution in [2.75, 3.05) is 6.54 Å². The molecule has 0 saturated carbocycles. The van der Waals surface area contributed by atoms with Crippen LogP contribution in [0.4, 0.5) is 0 Å². The largest absolute Gasteiger partial charge is 0.337 e. The molecule has 0 aliphatic heterocycles. The lowest BCUT2D eigenvalue weighted by atomic mass is 10.1. The molecular formula is C23H21N3O2S2. The van der Waals surface area contributed by atoms with Crippen LogP contribution in [0, 0.1) is 0 Å². The van der Waals surface area contributed by atoms with Gasteiger partial charge in [0.2, 0.25) is 11.7 Å². The van der Waals surface area contributed by atoms with Gasteiger partial charge in [0.25, 0.3) is 5.91 Å². The van der Waals surface area contributed by atoms with Gasteiger partial charge in [-0.25, -0.2) is 0 Å². The van der Waals surface area contributed by atoms with E-state index in [4.69, 9.17) is 4.52 Å². The van der Waals surface area contributed by atoms with Gasteiger partial charge in [0.1, 0.15) is 6.54 Å². The van der Waals surface area contributed by atoms with Gasteiger partial charge in [-0.1, -0.05) is 41.6 Å². The third-order valence-electron chi connectivity index (χ3n) is 4.55. The highest BCUT2D eigenvalue weighted by Gasteiger charge is 2.18. The van der Waals surface area contributed by atoms with E-state index in [-0.39, 0.29) is 5.91 Å². The summed E-state index contributed by atoms with van der Waals surface area (Å²) in [5.41, 5.74) is 1.84. The summed E-state index contributed by atoms with van der Waals surface area (Å²) < 4.78 is 5.35. The Labute approximate surface area is 183 Å². The van der Waals surface area contributed by atoms with Gasteiger partial charge in [-0.15, -0.1) is 23.1 Å². The molecule has 0 spiro atoms. The zero-order chi connectivity index (χ0) is 20.8. The number of amides is 1. The highest BCUT2D eigenvalue weighted by molar-refractivity contribution is 7.98. The second kappa shape index (κ2) is 9.73. The predicted molar refractivity (Wildman–Crippen MR) is 120 cm³/mol. The summed E-state index contributed by atoms with van der Waals surface area (Å²) in [5, 5.41) is 5.99. The standard InChI is InChI=1S/C23H21N3O2S2/c1-2-26(15-21-24-22(25-28-21)20-9-6-14-29-20)23(27)18-12-10-17(11-13-18)16-30-19-7-4-3-5-8-19/h3-14H,2,15-16H2,1H3. The minimum absolute atomic E-state index is 0.0457. The molecule has 7 heteroatoms. The van der Waals surface area contributed by atoms with Crippen molar-refractivity contribution in [3.05, 3.63) is 89.1 Å². The number of hydrogen-bond donors (Lipinski definition) is 0. The van der Waals surface area contributed by atoms with Crippen LogP contribution in [0.3, 0.4) is 0 Å². The number of nitrogens with zero attached hydrogens (tertiary/aromatic N) is 3. The minimum atomic E-state index is -0.0457. The van der Waals surface area contributed by atoms with Crippen LogP contribution in [0.15, 0.2) is 81.5 Å². The number of hydrogen-bond acceptors (Lipinski definition) is 6. The Morgan fingerprint density at radius 1 is 1.07 bits per heavy atom. The second-order valence-corrected chi connectivity index (χ2v) is 8.60. The van der Waals surface area contributed by atoms with Crippen LogP contribution in [-0.2, 0) is 12.3 Å². The molecule has 5 nitrogen and oxygen atoms in total. The average molecular weight is 436 g/mol. The number of carbonyl (C=O) groups is 1. The molecule has 30 heavy (non-hydrogen) atoms. The molecule has 4 rings (SSSR count). The number of benzene rings is 2. The topological polar surface area (TPSA) is 59.2 Å². The van der Waals surface area contributed by atoms with E-state index in [2.05, 4.69) is 22.3 Å². The highest BCUT2D eigenvalue weighted by atomic mass is 32.2. The maximum Gasteiger partial charge on any atom is 0.254 e. The Morgan fingerprint density at radius 2 is 1.87 bits per heavy atom. The van der Waals surface area contributed by atoms with Crippen LogP contribution in [0.1, 0.15) is 28.7 Å². The number of aromatic nitrogens is 2. The maximum absolute atomic E-state index is 12.9. The lowest BCUT2D eigenvalue weighted by Crippen LogP contribution is -2.30. The molecule has 0 fully saturated rings. The van der Waals surface area contributed by atoms with E-state index < -0.39 is 0 Å². The number of thioether (sulfide) groups is 1. The fraction of sp³-hybridized carbons (Fsp3) is 0.174. The molecule has 2 aromatic heterocycles. The molecule has 2 heterocycles. The van der Waals surface area contributed by atoms with E-state index in [1.54, 1.807) is 28.0 Å². The van der Waals surface area contributed by atoms with Gasteiger partial charge in [-0.05, 0) is 48.2 Å². The molecule has 0 atom stereocenters. The maximum atomic E-state index is 12.9.